The van der Waals surface area contributed by atoms with Gasteiger partial charge in [0.2, 0.25) is 5.69 Å². The van der Waals surface area contributed by atoms with Crippen molar-refractivity contribution in [3.05, 3.63) is 53.3 Å². The molecule has 8 nitrogen and oxygen atoms in total. The van der Waals surface area contributed by atoms with Gasteiger partial charge >= 0.3 is 5.97 Å². The molecule has 0 bridgehead atoms. The van der Waals surface area contributed by atoms with Crippen molar-refractivity contribution in [2.24, 2.45) is 5.92 Å². The third-order valence-electron chi connectivity index (χ3n) is 4.67. The molecule has 28 heavy (non-hydrogen) atoms. The first-order chi connectivity index (χ1) is 13.5. The number of hydrogen-bond donors (Lipinski definition) is 3. The number of nitrogens with one attached hydrogen (secondary N) is 2. The van der Waals surface area contributed by atoms with Crippen molar-refractivity contribution in [2.75, 3.05) is 23.3 Å². The van der Waals surface area contributed by atoms with Crippen LogP contribution in [0.1, 0.15) is 35.9 Å². The number of hydrogen-bond acceptors (Lipinski definition) is 4. The summed E-state index contributed by atoms with van der Waals surface area (Å²) in [5, 5.41) is 11.7. The van der Waals surface area contributed by atoms with Gasteiger partial charge in [0.15, 0.2) is 5.82 Å². The number of carbonyl (C=O) groups excluding carboxylic acids is 1. The molecule has 3 rings (SSSR count). The molecule has 1 aliphatic heterocycles. The summed E-state index contributed by atoms with van der Waals surface area (Å²) in [5.41, 5.74) is 1.71. The van der Waals surface area contributed by atoms with Crippen LogP contribution >= 0.6 is 0 Å². The van der Waals surface area contributed by atoms with Crippen LogP contribution in [0.5, 0.6) is 0 Å². The molecule has 0 aromatic carbocycles. The minimum absolute atomic E-state index is 0.291. The average molecular weight is 379 g/mol. The Labute approximate surface area is 162 Å². The predicted molar refractivity (Wildman–Crippen MR) is 107 cm³/mol. The van der Waals surface area contributed by atoms with Crippen LogP contribution in [-0.4, -0.2) is 40.0 Å². The van der Waals surface area contributed by atoms with Gasteiger partial charge in [0.1, 0.15) is 0 Å². The molecule has 0 saturated carbocycles. The monoisotopic (exact) mass is 379 g/mol. The van der Waals surface area contributed by atoms with E-state index in [1.165, 1.54) is 18.3 Å². The number of rotatable bonds is 5. The first kappa shape index (κ1) is 19.2. The highest BCUT2D eigenvalue weighted by Gasteiger charge is 2.21. The van der Waals surface area contributed by atoms with Crippen LogP contribution in [0.25, 0.3) is 10.9 Å². The highest BCUT2D eigenvalue weighted by molar-refractivity contribution is 6.05. The molecule has 1 fully saturated rings. The number of aromatic amines is 1. The summed E-state index contributed by atoms with van der Waals surface area (Å²) >= 11 is 0. The standard InChI is InChI=1S/C20H21N5O3/c1-13-7-9-25(10-8-13)19-16(5-3-14(23-19)4-6-18(26)27)24-20(28)17-11-15(21-2)12-22-17/h3-6,11-13,22H,7-10H2,1H3,(H,24,28)(H,26,27)/b6-4+. The number of carbonyl (C=O) groups is 2. The van der Waals surface area contributed by atoms with Crippen molar-refractivity contribution in [1.82, 2.24) is 9.97 Å². The first-order valence-corrected chi connectivity index (χ1v) is 9.00. The van der Waals surface area contributed by atoms with E-state index < -0.39 is 5.97 Å². The van der Waals surface area contributed by atoms with Gasteiger partial charge in [-0.1, -0.05) is 6.92 Å². The maximum Gasteiger partial charge on any atom is 0.328 e. The molecule has 2 aromatic rings. The SMILES string of the molecule is [C-]#[N+]c1c[nH]c(C(=O)Nc2ccc(/C=C/C(=O)O)nc2N2CCC(C)CC2)c1. The van der Waals surface area contributed by atoms with Crippen LogP contribution in [-0.2, 0) is 4.79 Å². The predicted octanol–water partition coefficient (Wildman–Crippen LogP) is 3.55. The van der Waals surface area contributed by atoms with Crippen molar-refractivity contribution in [2.45, 2.75) is 19.8 Å². The third kappa shape index (κ3) is 4.57. The van der Waals surface area contributed by atoms with Crippen molar-refractivity contribution < 1.29 is 14.7 Å². The fourth-order valence-electron chi connectivity index (χ4n) is 3.04. The Bertz CT molecular complexity index is 949. The van der Waals surface area contributed by atoms with E-state index in [-0.39, 0.29) is 5.91 Å². The van der Waals surface area contributed by atoms with Crippen LogP contribution in [0.2, 0.25) is 0 Å². The summed E-state index contributed by atoms with van der Waals surface area (Å²) < 4.78 is 0. The second kappa shape index (κ2) is 8.39. The largest absolute Gasteiger partial charge is 0.478 e. The van der Waals surface area contributed by atoms with E-state index in [1.807, 2.05) is 0 Å². The summed E-state index contributed by atoms with van der Waals surface area (Å²) in [5.74, 6) is -0.160. The lowest BCUT2D eigenvalue weighted by Gasteiger charge is -2.32. The molecule has 8 heteroatoms. The Kier molecular flexibility index (Phi) is 5.75. The number of anilines is 2. The molecule has 1 aliphatic rings. The maximum atomic E-state index is 12.5. The van der Waals surface area contributed by atoms with E-state index in [0.717, 1.165) is 32.0 Å². The van der Waals surface area contributed by atoms with E-state index in [1.54, 1.807) is 12.1 Å². The molecule has 0 spiro atoms. The number of amides is 1. The Morgan fingerprint density at radius 3 is 2.79 bits per heavy atom. The highest BCUT2D eigenvalue weighted by atomic mass is 16.4. The zero-order valence-electron chi connectivity index (χ0n) is 15.5. The van der Waals surface area contributed by atoms with Gasteiger partial charge in [-0.2, -0.15) is 0 Å². The second-order valence-electron chi connectivity index (χ2n) is 6.79. The normalized spacial score (nSPS) is 14.8. The summed E-state index contributed by atoms with van der Waals surface area (Å²) in [6.45, 7) is 10.8. The summed E-state index contributed by atoms with van der Waals surface area (Å²) in [6.07, 6.45) is 5.99. The average Bonchev–Trinajstić information content (AvgIpc) is 3.17. The fraction of sp³-hybridized carbons (Fsp3) is 0.300. The minimum atomic E-state index is -1.05. The molecule has 1 saturated heterocycles. The zero-order valence-corrected chi connectivity index (χ0v) is 15.5. The molecule has 1 amide bonds. The smallest absolute Gasteiger partial charge is 0.328 e. The molecule has 0 radical (unpaired) electrons. The van der Waals surface area contributed by atoms with Crippen LogP contribution < -0.4 is 10.2 Å². The lowest BCUT2D eigenvalue weighted by molar-refractivity contribution is -0.131. The molecular formula is C20H21N5O3. The summed E-state index contributed by atoms with van der Waals surface area (Å²) in [4.78, 5) is 36.1. The number of nitrogens with zero attached hydrogens (tertiary/aromatic N) is 3. The van der Waals surface area contributed by atoms with Gasteiger partial charge in [-0.05, 0) is 43.0 Å². The number of H-pyrrole nitrogens is 1. The quantitative estimate of drug-likeness (QED) is 0.545. The first-order valence-electron chi connectivity index (χ1n) is 9.00. The van der Waals surface area contributed by atoms with E-state index in [4.69, 9.17) is 11.7 Å². The second-order valence-corrected chi connectivity index (χ2v) is 6.79. The van der Waals surface area contributed by atoms with Crippen molar-refractivity contribution in [3.8, 4) is 0 Å². The van der Waals surface area contributed by atoms with Crippen LogP contribution in [0, 0.1) is 12.5 Å². The third-order valence-corrected chi connectivity index (χ3v) is 4.67. The van der Waals surface area contributed by atoms with Gasteiger partial charge in [-0.3, -0.25) is 4.79 Å². The number of pyridine rings is 1. The van der Waals surface area contributed by atoms with Crippen molar-refractivity contribution in [3.63, 3.8) is 0 Å². The van der Waals surface area contributed by atoms with E-state index >= 15 is 0 Å². The number of carboxylic acids is 1. The molecule has 0 aliphatic carbocycles. The highest BCUT2D eigenvalue weighted by Crippen LogP contribution is 2.29. The van der Waals surface area contributed by atoms with Crippen LogP contribution in [0.15, 0.2) is 30.5 Å². The van der Waals surface area contributed by atoms with Crippen molar-refractivity contribution in [1.29, 1.82) is 0 Å². The lowest BCUT2D eigenvalue weighted by atomic mass is 9.99. The van der Waals surface area contributed by atoms with Gasteiger partial charge in [-0.25, -0.2) is 14.6 Å². The van der Waals surface area contributed by atoms with Crippen molar-refractivity contribution >= 4 is 35.1 Å². The molecule has 2 aromatic heterocycles. The summed E-state index contributed by atoms with van der Waals surface area (Å²) in [7, 11) is 0. The molecular weight excluding hydrogens is 358 g/mol. The molecule has 0 unspecified atom stereocenters. The number of aromatic nitrogens is 2. The Morgan fingerprint density at radius 1 is 1.39 bits per heavy atom. The number of aliphatic carboxylic acids is 1. The van der Waals surface area contributed by atoms with Gasteiger partial charge in [0.25, 0.3) is 5.91 Å². The molecule has 0 atom stereocenters. The number of carboxylic acid groups (broad SMARTS) is 1. The Balaban J connectivity index is 1.88. The summed E-state index contributed by atoms with van der Waals surface area (Å²) in [6, 6.07) is 4.87. The van der Waals surface area contributed by atoms with Gasteiger partial charge in [0.05, 0.1) is 23.6 Å². The zero-order chi connectivity index (χ0) is 20.1. The van der Waals surface area contributed by atoms with Crippen LogP contribution in [0.3, 0.4) is 0 Å². The fourth-order valence-corrected chi connectivity index (χ4v) is 3.04. The Hall–Kier alpha value is -3.60. The van der Waals surface area contributed by atoms with Gasteiger partial charge in [-0.15, -0.1) is 0 Å². The molecule has 3 heterocycles. The van der Waals surface area contributed by atoms with Gasteiger partial charge in [0, 0.05) is 25.4 Å². The number of piperidine rings is 1. The maximum absolute atomic E-state index is 12.5. The Morgan fingerprint density at radius 2 is 2.14 bits per heavy atom. The van der Waals surface area contributed by atoms with Gasteiger partial charge < -0.3 is 20.3 Å². The lowest BCUT2D eigenvalue weighted by Crippen LogP contribution is -2.34. The minimum Gasteiger partial charge on any atom is -0.478 e. The van der Waals surface area contributed by atoms with Crippen LogP contribution in [0.4, 0.5) is 17.2 Å². The molecule has 3 N–H and O–H groups in total. The van der Waals surface area contributed by atoms with E-state index in [2.05, 4.69) is 32.0 Å². The van der Waals surface area contributed by atoms with E-state index in [0.29, 0.717) is 34.5 Å². The molecule has 144 valence electrons. The topological polar surface area (TPSA) is 103 Å². The van der Waals surface area contributed by atoms with E-state index in [9.17, 15) is 9.59 Å².